The molecule has 0 saturated heterocycles. The fourth-order valence-electron chi connectivity index (χ4n) is 1.75. The largest absolute Gasteiger partial charge is 0.459 e. The Morgan fingerprint density at radius 1 is 1.35 bits per heavy atom. The third-order valence-corrected chi connectivity index (χ3v) is 2.76. The topological polar surface area (TPSA) is 87.0 Å². The van der Waals surface area contributed by atoms with Crippen LogP contribution in [0.5, 0.6) is 0 Å². The van der Waals surface area contributed by atoms with E-state index >= 15 is 0 Å². The van der Waals surface area contributed by atoms with Crippen molar-refractivity contribution in [2.45, 2.75) is 57.0 Å². The molecule has 0 aromatic carbocycles. The molecule has 0 radical (unpaired) electrons. The molecule has 0 aromatic rings. The van der Waals surface area contributed by atoms with Crippen LogP contribution in [0.1, 0.15) is 32.6 Å². The van der Waals surface area contributed by atoms with Crippen LogP contribution in [0, 0.1) is 0 Å². The van der Waals surface area contributed by atoms with Gasteiger partial charge in [-0.15, -0.1) is 0 Å². The van der Waals surface area contributed by atoms with Crippen LogP contribution in [0.15, 0.2) is 12.2 Å². The molecular formula is C12H20O5. The van der Waals surface area contributed by atoms with Crippen LogP contribution in [-0.4, -0.2) is 45.7 Å². The zero-order valence-corrected chi connectivity index (χ0v) is 9.95. The lowest BCUT2D eigenvalue weighted by atomic mass is 10.0. The van der Waals surface area contributed by atoms with E-state index in [1.807, 2.05) is 6.92 Å². The number of cyclic esters (lactones) is 1. The number of ether oxygens (including phenoxy) is 1. The highest BCUT2D eigenvalue weighted by Crippen LogP contribution is 2.15. The van der Waals surface area contributed by atoms with Gasteiger partial charge >= 0.3 is 5.97 Å². The maximum absolute atomic E-state index is 11.4. The average molecular weight is 244 g/mol. The van der Waals surface area contributed by atoms with Crippen molar-refractivity contribution in [1.29, 1.82) is 0 Å². The quantitative estimate of drug-likeness (QED) is 0.475. The predicted octanol–water partition coefficient (Wildman–Crippen LogP) is 0.131. The molecule has 4 atom stereocenters. The number of carbonyl (C=O) groups excluding carboxylic acids is 1. The van der Waals surface area contributed by atoms with Gasteiger partial charge in [0, 0.05) is 6.42 Å². The summed E-state index contributed by atoms with van der Waals surface area (Å²) in [5.41, 5.74) is 0. The number of rotatable bonds is 2. The Bertz CT molecular complexity index is 276. The second kappa shape index (κ2) is 6.74. The first-order valence-electron chi connectivity index (χ1n) is 5.96. The molecule has 5 heteroatoms. The van der Waals surface area contributed by atoms with Crippen molar-refractivity contribution >= 4 is 5.97 Å². The van der Waals surface area contributed by atoms with E-state index < -0.39 is 30.4 Å². The van der Waals surface area contributed by atoms with Gasteiger partial charge in [0.1, 0.15) is 18.3 Å². The van der Waals surface area contributed by atoms with E-state index in [0.717, 1.165) is 6.42 Å². The SMILES string of the molecule is CCCC1OC(=O)CC[C@@H](O)/C=C/[C@H](O)[C@@H]1O. The lowest BCUT2D eigenvalue weighted by molar-refractivity contribution is -0.159. The molecule has 0 amide bonds. The van der Waals surface area contributed by atoms with Gasteiger partial charge in [0.25, 0.3) is 0 Å². The van der Waals surface area contributed by atoms with Gasteiger partial charge in [0.2, 0.25) is 0 Å². The van der Waals surface area contributed by atoms with Crippen LogP contribution in [0.3, 0.4) is 0 Å². The van der Waals surface area contributed by atoms with Gasteiger partial charge in [-0.25, -0.2) is 0 Å². The van der Waals surface area contributed by atoms with Crippen molar-refractivity contribution in [1.82, 2.24) is 0 Å². The van der Waals surface area contributed by atoms with Crippen LogP contribution >= 0.6 is 0 Å². The van der Waals surface area contributed by atoms with Gasteiger partial charge in [0.15, 0.2) is 0 Å². The molecule has 98 valence electrons. The molecular weight excluding hydrogens is 224 g/mol. The number of carbonyl (C=O) groups is 1. The summed E-state index contributed by atoms with van der Waals surface area (Å²) in [6.07, 6.45) is 0.578. The molecule has 17 heavy (non-hydrogen) atoms. The third kappa shape index (κ3) is 4.46. The van der Waals surface area contributed by atoms with Crippen LogP contribution in [-0.2, 0) is 9.53 Å². The Labute approximate surface area is 101 Å². The highest BCUT2D eigenvalue weighted by atomic mass is 16.6. The summed E-state index contributed by atoms with van der Waals surface area (Å²) in [4.78, 5) is 11.4. The summed E-state index contributed by atoms with van der Waals surface area (Å²) in [5, 5.41) is 28.9. The summed E-state index contributed by atoms with van der Waals surface area (Å²) in [6, 6.07) is 0. The van der Waals surface area contributed by atoms with E-state index in [0.29, 0.717) is 6.42 Å². The van der Waals surface area contributed by atoms with Gasteiger partial charge in [-0.05, 0) is 12.8 Å². The molecule has 1 unspecified atom stereocenters. The maximum Gasteiger partial charge on any atom is 0.306 e. The summed E-state index contributed by atoms with van der Waals surface area (Å²) < 4.78 is 5.10. The summed E-state index contributed by atoms with van der Waals surface area (Å²) in [5.74, 6) is -0.455. The first-order valence-corrected chi connectivity index (χ1v) is 5.96. The van der Waals surface area contributed by atoms with Gasteiger partial charge in [-0.1, -0.05) is 25.5 Å². The Morgan fingerprint density at radius 2 is 2.06 bits per heavy atom. The molecule has 0 aliphatic carbocycles. The van der Waals surface area contributed by atoms with E-state index in [2.05, 4.69) is 0 Å². The highest BCUT2D eigenvalue weighted by Gasteiger charge is 2.28. The normalized spacial score (nSPS) is 37.3. The Balaban J connectivity index is 2.78. The average Bonchev–Trinajstić information content (AvgIpc) is 2.31. The molecule has 3 N–H and O–H groups in total. The molecule has 0 spiro atoms. The van der Waals surface area contributed by atoms with Gasteiger partial charge in [-0.3, -0.25) is 4.79 Å². The minimum absolute atomic E-state index is 0.106. The molecule has 1 aliphatic rings. The second-order valence-corrected chi connectivity index (χ2v) is 4.29. The van der Waals surface area contributed by atoms with Crippen molar-refractivity contribution in [3.05, 3.63) is 12.2 Å². The molecule has 1 heterocycles. The smallest absolute Gasteiger partial charge is 0.306 e. The minimum Gasteiger partial charge on any atom is -0.459 e. The van der Waals surface area contributed by atoms with E-state index in [9.17, 15) is 20.1 Å². The molecule has 0 aromatic heterocycles. The van der Waals surface area contributed by atoms with Gasteiger partial charge in [0.05, 0.1) is 6.10 Å². The predicted molar refractivity (Wildman–Crippen MR) is 61.2 cm³/mol. The Hall–Kier alpha value is -0.910. The molecule has 1 rings (SSSR count). The van der Waals surface area contributed by atoms with Crippen molar-refractivity contribution < 1.29 is 24.9 Å². The fraction of sp³-hybridized carbons (Fsp3) is 0.750. The summed E-state index contributed by atoms with van der Waals surface area (Å²) in [7, 11) is 0. The number of aliphatic hydroxyl groups excluding tert-OH is 3. The second-order valence-electron chi connectivity index (χ2n) is 4.29. The first-order chi connectivity index (χ1) is 8.04. The van der Waals surface area contributed by atoms with E-state index in [4.69, 9.17) is 4.74 Å². The zero-order valence-electron chi connectivity index (χ0n) is 9.95. The van der Waals surface area contributed by atoms with Crippen molar-refractivity contribution in [2.75, 3.05) is 0 Å². The van der Waals surface area contributed by atoms with Crippen LogP contribution in [0.4, 0.5) is 0 Å². The molecule has 0 bridgehead atoms. The third-order valence-electron chi connectivity index (χ3n) is 2.76. The van der Waals surface area contributed by atoms with E-state index in [1.165, 1.54) is 12.2 Å². The molecule has 5 nitrogen and oxygen atoms in total. The number of hydrogen-bond acceptors (Lipinski definition) is 5. The Kier molecular flexibility index (Phi) is 5.61. The Morgan fingerprint density at radius 3 is 2.71 bits per heavy atom. The van der Waals surface area contributed by atoms with Crippen LogP contribution < -0.4 is 0 Å². The molecule has 1 aliphatic heterocycles. The molecule has 0 saturated carbocycles. The fourth-order valence-corrected chi connectivity index (χ4v) is 1.75. The van der Waals surface area contributed by atoms with Gasteiger partial charge < -0.3 is 20.1 Å². The summed E-state index contributed by atoms with van der Waals surface area (Å²) in [6.45, 7) is 1.91. The number of hydrogen-bond donors (Lipinski definition) is 3. The number of esters is 1. The monoisotopic (exact) mass is 244 g/mol. The highest BCUT2D eigenvalue weighted by molar-refractivity contribution is 5.69. The van der Waals surface area contributed by atoms with Crippen LogP contribution in [0.25, 0.3) is 0 Å². The van der Waals surface area contributed by atoms with Crippen LogP contribution in [0.2, 0.25) is 0 Å². The van der Waals surface area contributed by atoms with Crippen molar-refractivity contribution in [2.24, 2.45) is 0 Å². The standard InChI is InChI=1S/C12H20O5/c1-2-3-10-12(16)9(14)6-4-8(13)5-7-11(15)17-10/h4,6,8-10,12-14,16H,2-3,5,7H2,1H3/b6-4+/t8-,9-,10?,12-/m0/s1. The zero-order chi connectivity index (χ0) is 12.8. The maximum atomic E-state index is 11.4. The van der Waals surface area contributed by atoms with E-state index in [1.54, 1.807) is 0 Å². The lowest BCUT2D eigenvalue weighted by Gasteiger charge is -2.26. The number of aliphatic hydroxyl groups is 3. The van der Waals surface area contributed by atoms with Crippen molar-refractivity contribution in [3.63, 3.8) is 0 Å². The summed E-state index contributed by atoms with van der Waals surface area (Å²) >= 11 is 0. The lowest BCUT2D eigenvalue weighted by Crippen LogP contribution is -2.40. The van der Waals surface area contributed by atoms with Crippen molar-refractivity contribution in [3.8, 4) is 0 Å². The first kappa shape index (κ1) is 14.2. The molecule has 0 fully saturated rings. The van der Waals surface area contributed by atoms with E-state index in [-0.39, 0.29) is 12.8 Å². The van der Waals surface area contributed by atoms with Gasteiger partial charge in [-0.2, -0.15) is 0 Å². The minimum atomic E-state index is -1.15.